The van der Waals surface area contributed by atoms with Gasteiger partial charge >= 0.3 is 7.25 Å². The van der Waals surface area contributed by atoms with Crippen molar-refractivity contribution in [1.82, 2.24) is 0 Å². The second-order valence-electron chi connectivity index (χ2n) is 1.19. The van der Waals surface area contributed by atoms with Crippen molar-refractivity contribution in [2.24, 2.45) is 5.64 Å². The van der Waals surface area contributed by atoms with Crippen molar-refractivity contribution in [2.75, 3.05) is 6.26 Å². The Morgan fingerprint density at radius 1 is 1.75 bits per heavy atom. The molecule has 0 radical (unpaired) electrons. The topological polar surface area (TPSA) is 89.6 Å². The summed E-state index contributed by atoms with van der Waals surface area (Å²) in [7, 11) is -5.34. The molecule has 7 heteroatoms. The van der Waals surface area contributed by atoms with E-state index in [1.54, 1.807) is 0 Å². The molecule has 0 saturated heterocycles. The molecule has 0 aliphatic rings. The van der Waals surface area contributed by atoms with Gasteiger partial charge in [-0.25, -0.2) is 8.42 Å². The lowest BCUT2D eigenvalue weighted by atomic mass is 10.2. The number of nitrogens with two attached hydrogens (primary N) is 1. The summed E-state index contributed by atoms with van der Waals surface area (Å²) < 4.78 is 23.7. The highest BCUT2D eigenvalue weighted by molar-refractivity contribution is 7.86. The van der Waals surface area contributed by atoms with Gasteiger partial charge in [0.1, 0.15) is 0 Å². The molecule has 0 aliphatic carbocycles. The van der Waals surface area contributed by atoms with E-state index < -0.39 is 17.4 Å². The van der Waals surface area contributed by atoms with Crippen LogP contribution >= 0.6 is 0 Å². The minimum atomic E-state index is -3.60. The lowest BCUT2D eigenvalue weighted by Gasteiger charge is -1.95. The average Bonchev–Trinajstić information content (AvgIpc) is 1.21. The van der Waals surface area contributed by atoms with E-state index in [1.807, 2.05) is 0 Å². The first-order valence-electron chi connectivity index (χ1n) is 1.74. The summed E-state index contributed by atoms with van der Waals surface area (Å²) in [6.07, 6.45) is 0.795. The summed E-state index contributed by atoms with van der Waals surface area (Å²) in [4.78, 5) is 0. The molecule has 0 bridgehead atoms. The predicted octanol–water partition coefficient (Wildman–Crippen LogP) is -2.10. The summed E-state index contributed by atoms with van der Waals surface area (Å²) in [5, 5.41) is 8.06. The van der Waals surface area contributed by atoms with Crippen LogP contribution in [-0.2, 0) is 14.2 Å². The fraction of sp³-hybridized carbons (Fsp3) is 1.00. The van der Waals surface area contributed by atoms with Gasteiger partial charge in [0.05, 0.1) is 6.26 Å². The molecular formula is CH6BNO4S. The summed E-state index contributed by atoms with van der Waals surface area (Å²) in [5.41, 5.74) is 4.53. The lowest BCUT2D eigenvalue weighted by molar-refractivity contribution is 0.410. The molecule has 5 nitrogen and oxygen atoms in total. The van der Waals surface area contributed by atoms with Crippen molar-refractivity contribution in [3.8, 4) is 0 Å². The normalized spacial score (nSPS) is 11.4. The van der Waals surface area contributed by atoms with E-state index in [1.165, 1.54) is 0 Å². The minimum absolute atomic E-state index is 0.795. The Kier molecular flexibility index (Phi) is 2.42. The molecule has 0 saturated carbocycles. The Morgan fingerprint density at radius 3 is 2.12 bits per heavy atom. The molecule has 0 amide bonds. The van der Waals surface area contributed by atoms with Crippen LogP contribution in [0.3, 0.4) is 0 Å². The quantitative estimate of drug-likeness (QED) is 0.427. The highest BCUT2D eigenvalue weighted by Gasteiger charge is 2.12. The Balaban J connectivity index is 3.75. The van der Waals surface area contributed by atoms with E-state index in [0.29, 0.717) is 0 Å². The van der Waals surface area contributed by atoms with Gasteiger partial charge in [-0.15, -0.1) is 0 Å². The molecule has 8 heavy (non-hydrogen) atoms. The summed E-state index contributed by atoms with van der Waals surface area (Å²) in [6.45, 7) is 0. The minimum Gasteiger partial charge on any atom is -0.412 e. The molecule has 48 valence electrons. The molecule has 0 unspecified atom stereocenters. The predicted molar refractivity (Wildman–Crippen MR) is 28.1 cm³/mol. The first-order chi connectivity index (χ1) is 3.42. The monoisotopic (exact) mass is 139 g/mol. The molecule has 0 spiro atoms. The van der Waals surface area contributed by atoms with E-state index in [9.17, 15) is 8.42 Å². The van der Waals surface area contributed by atoms with Crippen LogP contribution in [0, 0.1) is 0 Å². The molecule has 0 aliphatic heterocycles. The molecule has 0 aromatic rings. The van der Waals surface area contributed by atoms with Crippen molar-refractivity contribution in [2.45, 2.75) is 0 Å². The molecule has 0 aromatic heterocycles. The van der Waals surface area contributed by atoms with Gasteiger partial charge in [0.2, 0.25) is 0 Å². The van der Waals surface area contributed by atoms with E-state index in [0.717, 1.165) is 6.26 Å². The second-order valence-corrected chi connectivity index (χ2v) is 2.79. The summed E-state index contributed by atoms with van der Waals surface area (Å²) in [5.74, 6) is 0. The zero-order chi connectivity index (χ0) is 6.78. The van der Waals surface area contributed by atoms with E-state index in [2.05, 4.69) is 9.75 Å². The van der Waals surface area contributed by atoms with E-state index in [4.69, 9.17) is 5.02 Å². The van der Waals surface area contributed by atoms with Crippen LogP contribution in [0.5, 0.6) is 0 Å². The van der Waals surface area contributed by atoms with Gasteiger partial charge < -0.3 is 10.7 Å². The van der Waals surface area contributed by atoms with Crippen molar-refractivity contribution in [3.05, 3.63) is 0 Å². The molecule has 0 aromatic carbocycles. The van der Waals surface area contributed by atoms with Gasteiger partial charge in [0.15, 0.2) is 0 Å². The first-order valence-corrected chi connectivity index (χ1v) is 3.55. The smallest absolute Gasteiger partial charge is 0.412 e. The maximum Gasteiger partial charge on any atom is 0.564 e. The standard InChI is InChI=1S/CH6BNO4S/c1-8(5,6)7-2(3)4/h4H,3H2,1H3. The third-order valence-corrected chi connectivity index (χ3v) is 0.820. The third-order valence-electron chi connectivity index (χ3n) is 0.273. The zero-order valence-electron chi connectivity index (χ0n) is 4.23. The van der Waals surface area contributed by atoms with Crippen LogP contribution in [0.4, 0.5) is 0 Å². The Bertz CT molecular complexity index is 149. The first kappa shape index (κ1) is 7.89. The highest BCUT2D eigenvalue weighted by Crippen LogP contribution is 1.82. The van der Waals surface area contributed by atoms with Crippen molar-refractivity contribution >= 4 is 17.4 Å². The van der Waals surface area contributed by atoms with Crippen LogP contribution < -0.4 is 5.64 Å². The van der Waals surface area contributed by atoms with Crippen LogP contribution in [0.1, 0.15) is 0 Å². The van der Waals surface area contributed by atoms with Gasteiger partial charge in [-0.05, 0) is 0 Å². The average molecular weight is 139 g/mol. The summed E-state index contributed by atoms with van der Waals surface area (Å²) in [6, 6.07) is 0. The number of hydrogen-bond acceptors (Lipinski definition) is 5. The van der Waals surface area contributed by atoms with Crippen LogP contribution in [-0.4, -0.2) is 27.0 Å². The van der Waals surface area contributed by atoms with Gasteiger partial charge in [-0.3, -0.25) is 4.10 Å². The molecular weight excluding hydrogens is 133 g/mol. The third kappa shape index (κ3) is 5.89. The van der Waals surface area contributed by atoms with E-state index >= 15 is 0 Å². The van der Waals surface area contributed by atoms with Crippen molar-refractivity contribution < 1.29 is 17.5 Å². The molecule has 0 heterocycles. The largest absolute Gasteiger partial charge is 0.564 e. The second kappa shape index (κ2) is 2.45. The number of hydrogen-bond donors (Lipinski definition) is 2. The van der Waals surface area contributed by atoms with Gasteiger partial charge in [-0.2, -0.15) is 0 Å². The Hall–Kier alpha value is -0.105. The van der Waals surface area contributed by atoms with Gasteiger partial charge in [0, 0.05) is 0 Å². The fourth-order valence-electron chi connectivity index (χ4n) is 0.179. The SMILES string of the molecule is CS(=O)(=O)OB(N)O. The van der Waals surface area contributed by atoms with Crippen LogP contribution in [0.15, 0.2) is 0 Å². The Labute approximate surface area is 47.7 Å². The van der Waals surface area contributed by atoms with Crippen molar-refractivity contribution in [1.29, 1.82) is 0 Å². The number of rotatable bonds is 2. The maximum absolute atomic E-state index is 9.98. The highest BCUT2D eigenvalue weighted by atomic mass is 32.2. The summed E-state index contributed by atoms with van der Waals surface area (Å²) >= 11 is 0. The van der Waals surface area contributed by atoms with Gasteiger partial charge in [-0.1, -0.05) is 0 Å². The van der Waals surface area contributed by atoms with Crippen LogP contribution in [0.2, 0.25) is 0 Å². The molecule has 3 N–H and O–H groups in total. The molecule has 0 atom stereocenters. The van der Waals surface area contributed by atoms with Crippen LogP contribution in [0.25, 0.3) is 0 Å². The zero-order valence-corrected chi connectivity index (χ0v) is 5.05. The molecule has 0 fully saturated rings. The molecule has 0 rings (SSSR count). The Morgan fingerprint density at radius 2 is 2.12 bits per heavy atom. The van der Waals surface area contributed by atoms with Crippen molar-refractivity contribution in [3.63, 3.8) is 0 Å². The van der Waals surface area contributed by atoms with Gasteiger partial charge in [0.25, 0.3) is 10.1 Å². The maximum atomic E-state index is 9.98. The lowest BCUT2D eigenvalue weighted by Crippen LogP contribution is -2.31. The van der Waals surface area contributed by atoms with E-state index in [-0.39, 0.29) is 0 Å². The fourth-order valence-corrected chi connectivity index (χ4v) is 0.537.